The highest BCUT2D eigenvalue weighted by atomic mass is 19.1. The van der Waals surface area contributed by atoms with Gasteiger partial charge in [-0.05, 0) is 17.9 Å². The molecule has 0 amide bonds. The molecule has 0 spiro atoms. The molecule has 1 unspecified atom stereocenters. The number of pyridine rings is 1. The van der Waals surface area contributed by atoms with Gasteiger partial charge in [-0.25, -0.2) is 9.37 Å². The monoisotopic (exact) mass is 211 g/mol. The van der Waals surface area contributed by atoms with Crippen LogP contribution in [0.25, 0.3) is 0 Å². The Morgan fingerprint density at radius 1 is 1.53 bits per heavy atom. The van der Waals surface area contributed by atoms with Gasteiger partial charge in [0.2, 0.25) is 5.88 Å². The molecular formula is C12H18FNO. The third kappa shape index (κ3) is 3.18. The molecule has 0 N–H and O–H groups in total. The summed E-state index contributed by atoms with van der Waals surface area (Å²) in [5, 5.41) is 0. The molecule has 1 aromatic heterocycles. The molecule has 1 aromatic rings. The Kier molecular flexibility index (Phi) is 4.53. The van der Waals surface area contributed by atoms with Crippen LogP contribution in [-0.4, -0.2) is 12.1 Å². The van der Waals surface area contributed by atoms with Gasteiger partial charge in [-0.3, -0.25) is 0 Å². The minimum atomic E-state index is -0.237. The third-order valence-electron chi connectivity index (χ3n) is 2.59. The number of halogens is 1. The Bertz CT molecular complexity index is 314. The highest BCUT2D eigenvalue weighted by molar-refractivity contribution is 5.25. The number of unbranched alkanes of at least 4 members (excludes halogenated alkanes) is 1. The first-order valence-corrected chi connectivity index (χ1v) is 5.38. The number of ether oxygens (including phenoxy) is 1. The quantitative estimate of drug-likeness (QED) is 0.743. The average Bonchev–Trinajstić information content (AvgIpc) is 2.26. The van der Waals surface area contributed by atoms with Crippen LogP contribution < -0.4 is 4.74 Å². The Hall–Kier alpha value is -1.12. The second-order valence-electron chi connectivity index (χ2n) is 3.79. The van der Waals surface area contributed by atoms with E-state index in [2.05, 4.69) is 11.9 Å². The number of rotatable bonds is 5. The predicted octanol–water partition coefficient (Wildman–Crippen LogP) is 3.52. The van der Waals surface area contributed by atoms with Crippen LogP contribution in [0.15, 0.2) is 12.3 Å². The number of hydrogen-bond donors (Lipinski definition) is 0. The van der Waals surface area contributed by atoms with Crippen LogP contribution in [0.2, 0.25) is 0 Å². The van der Waals surface area contributed by atoms with E-state index in [1.54, 1.807) is 13.2 Å². The summed E-state index contributed by atoms with van der Waals surface area (Å²) >= 11 is 0. The molecule has 0 bridgehead atoms. The van der Waals surface area contributed by atoms with E-state index in [1.165, 1.54) is 6.20 Å². The first-order chi connectivity index (χ1) is 7.19. The van der Waals surface area contributed by atoms with Crippen molar-refractivity contribution in [1.29, 1.82) is 0 Å². The van der Waals surface area contributed by atoms with E-state index < -0.39 is 0 Å². The molecule has 2 nitrogen and oxygen atoms in total. The van der Waals surface area contributed by atoms with Gasteiger partial charge in [0, 0.05) is 6.07 Å². The molecule has 3 heteroatoms. The van der Waals surface area contributed by atoms with E-state index >= 15 is 0 Å². The van der Waals surface area contributed by atoms with Crippen molar-refractivity contribution in [3.05, 3.63) is 23.6 Å². The Balaban J connectivity index is 2.81. The fourth-order valence-corrected chi connectivity index (χ4v) is 1.59. The Morgan fingerprint density at radius 3 is 2.87 bits per heavy atom. The van der Waals surface area contributed by atoms with Crippen molar-refractivity contribution in [2.24, 2.45) is 0 Å². The smallest absolute Gasteiger partial charge is 0.213 e. The summed E-state index contributed by atoms with van der Waals surface area (Å²) in [4.78, 5) is 3.82. The van der Waals surface area contributed by atoms with E-state index in [1.807, 2.05) is 6.92 Å². The molecule has 0 aliphatic carbocycles. The van der Waals surface area contributed by atoms with Crippen molar-refractivity contribution in [2.75, 3.05) is 7.11 Å². The first kappa shape index (κ1) is 12.0. The van der Waals surface area contributed by atoms with Gasteiger partial charge in [-0.15, -0.1) is 0 Å². The van der Waals surface area contributed by atoms with Gasteiger partial charge in [-0.1, -0.05) is 26.7 Å². The lowest BCUT2D eigenvalue weighted by Crippen LogP contribution is -2.00. The fourth-order valence-electron chi connectivity index (χ4n) is 1.59. The highest BCUT2D eigenvalue weighted by Crippen LogP contribution is 2.25. The lowest BCUT2D eigenvalue weighted by Gasteiger charge is -2.12. The zero-order chi connectivity index (χ0) is 11.3. The van der Waals surface area contributed by atoms with E-state index in [-0.39, 0.29) is 11.7 Å². The minimum Gasteiger partial charge on any atom is -0.481 e. The maximum Gasteiger partial charge on any atom is 0.213 e. The van der Waals surface area contributed by atoms with Gasteiger partial charge in [0.25, 0.3) is 0 Å². The number of hydrogen-bond acceptors (Lipinski definition) is 2. The van der Waals surface area contributed by atoms with Crippen LogP contribution in [0.5, 0.6) is 5.88 Å². The SMILES string of the molecule is CCCCC(C)c1cc(OC)ncc1F. The van der Waals surface area contributed by atoms with E-state index in [4.69, 9.17) is 4.74 Å². The topological polar surface area (TPSA) is 22.1 Å². The van der Waals surface area contributed by atoms with Crippen molar-refractivity contribution in [3.8, 4) is 5.88 Å². The summed E-state index contributed by atoms with van der Waals surface area (Å²) < 4.78 is 18.5. The zero-order valence-corrected chi connectivity index (χ0v) is 9.59. The molecule has 0 fully saturated rings. The summed E-state index contributed by atoms with van der Waals surface area (Å²) in [6, 6.07) is 1.69. The molecule has 0 radical (unpaired) electrons. The molecule has 1 heterocycles. The molecule has 84 valence electrons. The van der Waals surface area contributed by atoms with Crippen molar-refractivity contribution in [2.45, 2.75) is 39.0 Å². The number of methoxy groups -OCH3 is 1. The molecule has 0 aliphatic rings. The standard InChI is InChI=1S/C12H18FNO/c1-4-5-6-9(2)10-7-12(15-3)14-8-11(10)13/h7-9H,4-6H2,1-3H3. The molecule has 0 aromatic carbocycles. The van der Waals surface area contributed by atoms with Crippen LogP contribution in [0, 0.1) is 5.82 Å². The second-order valence-corrected chi connectivity index (χ2v) is 3.79. The van der Waals surface area contributed by atoms with Crippen molar-refractivity contribution in [1.82, 2.24) is 4.98 Å². The van der Waals surface area contributed by atoms with E-state index in [0.29, 0.717) is 11.4 Å². The highest BCUT2D eigenvalue weighted by Gasteiger charge is 2.12. The summed E-state index contributed by atoms with van der Waals surface area (Å²) in [6.07, 6.45) is 4.48. The Morgan fingerprint density at radius 2 is 2.27 bits per heavy atom. The first-order valence-electron chi connectivity index (χ1n) is 5.38. The van der Waals surface area contributed by atoms with Crippen molar-refractivity contribution < 1.29 is 9.13 Å². The van der Waals surface area contributed by atoms with Crippen LogP contribution in [0.3, 0.4) is 0 Å². The van der Waals surface area contributed by atoms with Gasteiger partial charge in [0.05, 0.1) is 13.3 Å². The fraction of sp³-hybridized carbons (Fsp3) is 0.583. The molecule has 1 rings (SSSR count). The largest absolute Gasteiger partial charge is 0.481 e. The van der Waals surface area contributed by atoms with Crippen LogP contribution in [0.4, 0.5) is 4.39 Å². The normalized spacial score (nSPS) is 12.5. The predicted molar refractivity (Wildman–Crippen MR) is 58.7 cm³/mol. The summed E-state index contributed by atoms with van der Waals surface area (Å²) in [7, 11) is 1.54. The summed E-state index contributed by atoms with van der Waals surface area (Å²) in [6.45, 7) is 4.17. The minimum absolute atomic E-state index is 0.224. The summed E-state index contributed by atoms with van der Waals surface area (Å²) in [5.74, 6) is 0.469. The number of aromatic nitrogens is 1. The van der Waals surface area contributed by atoms with Crippen molar-refractivity contribution in [3.63, 3.8) is 0 Å². The van der Waals surface area contributed by atoms with E-state index in [9.17, 15) is 4.39 Å². The second kappa shape index (κ2) is 5.69. The molecular weight excluding hydrogens is 193 g/mol. The Labute approximate surface area is 90.5 Å². The molecule has 15 heavy (non-hydrogen) atoms. The van der Waals surface area contributed by atoms with Gasteiger partial charge in [-0.2, -0.15) is 0 Å². The van der Waals surface area contributed by atoms with Gasteiger partial charge >= 0.3 is 0 Å². The lowest BCUT2D eigenvalue weighted by atomic mass is 9.96. The molecule has 0 saturated heterocycles. The summed E-state index contributed by atoms with van der Waals surface area (Å²) in [5.41, 5.74) is 0.704. The van der Waals surface area contributed by atoms with Gasteiger partial charge in [0.15, 0.2) is 0 Å². The average molecular weight is 211 g/mol. The zero-order valence-electron chi connectivity index (χ0n) is 9.59. The van der Waals surface area contributed by atoms with Crippen LogP contribution in [0.1, 0.15) is 44.6 Å². The third-order valence-corrected chi connectivity index (χ3v) is 2.59. The van der Waals surface area contributed by atoms with Gasteiger partial charge < -0.3 is 4.74 Å². The lowest BCUT2D eigenvalue weighted by molar-refractivity contribution is 0.393. The maximum absolute atomic E-state index is 13.5. The molecule has 0 saturated carbocycles. The van der Waals surface area contributed by atoms with E-state index in [0.717, 1.165) is 19.3 Å². The van der Waals surface area contributed by atoms with Crippen LogP contribution in [-0.2, 0) is 0 Å². The van der Waals surface area contributed by atoms with Crippen LogP contribution >= 0.6 is 0 Å². The number of nitrogens with zero attached hydrogens (tertiary/aromatic N) is 1. The van der Waals surface area contributed by atoms with Crippen molar-refractivity contribution >= 4 is 0 Å². The van der Waals surface area contributed by atoms with Gasteiger partial charge in [0.1, 0.15) is 5.82 Å². The molecule has 1 atom stereocenters. The maximum atomic E-state index is 13.5. The molecule has 0 aliphatic heterocycles.